The molecule has 2 aliphatic heterocycles. The van der Waals surface area contributed by atoms with Gasteiger partial charge in [-0.15, -0.1) is 0 Å². The SMILES string of the molecule is CC(=O)NCC1CC(F)(F)CN1C1CN(Cc2ccoc2)C1. The summed E-state index contributed by atoms with van der Waals surface area (Å²) in [6.07, 6.45) is 3.17. The molecule has 122 valence electrons. The molecule has 1 N–H and O–H groups in total. The van der Waals surface area contributed by atoms with Crippen molar-refractivity contribution in [2.45, 2.75) is 37.9 Å². The number of carbonyl (C=O) groups excluding carboxylic acids is 1. The molecule has 5 nitrogen and oxygen atoms in total. The van der Waals surface area contributed by atoms with Gasteiger partial charge in [0.1, 0.15) is 0 Å². The van der Waals surface area contributed by atoms with Crippen molar-refractivity contribution in [3.05, 3.63) is 24.2 Å². The van der Waals surface area contributed by atoms with Gasteiger partial charge < -0.3 is 9.73 Å². The van der Waals surface area contributed by atoms with Crippen molar-refractivity contribution < 1.29 is 18.0 Å². The van der Waals surface area contributed by atoms with Crippen LogP contribution >= 0.6 is 0 Å². The summed E-state index contributed by atoms with van der Waals surface area (Å²) in [5, 5.41) is 2.67. The second kappa shape index (κ2) is 5.96. The van der Waals surface area contributed by atoms with Crippen LogP contribution in [0.3, 0.4) is 0 Å². The van der Waals surface area contributed by atoms with Crippen molar-refractivity contribution in [3.63, 3.8) is 0 Å². The Bertz CT molecular complexity index is 515. The van der Waals surface area contributed by atoms with Crippen LogP contribution in [0, 0.1) is 0 Å². The van der Waals surface area contributed by atoms with Crippen molar-refractivity contribution >= 4 is 5.91 Å². The van der Waals surface area contributed by atoms with Crippen molar-refractivity contribution in [2.75, 3.05) is 26.2 Å². The normalized spacial score (nSPS) is 26.0. The Kier molecular flexibility index (Phi) is 4.18. The zero-order valence-electron chi connectivity index (χ0n) is 12.6. The number of amides is 1. The van der Waals surface area contributed by atoms with E-state index in [1.807, 2.05) is 11.0 Å². The quantitative estimate of drug-likeness (QED) is 0.890. The molecule has 0 radical (unpaired) electrons. The van der Waals surface area contributed by atoms with Crippen LogP contribution in [0.5, 0.6) is 0 Å². The highest BCUT2D eigenvalue weighted by Crippen LogP contribution is 2.35. The number of hydrogen-bond acceptors (Lipinski definition) is 4. The first kappa shape index (κ1) is 15.4. The number of hydrogen-bond donors (Lipinski definition) is 1. The fourth-order valence-corrected chi connectivity index (χ4v) is 3.32. The van der Waals surface area contributed by atoms with Gasteiger partial charge >= 0.3 is 0 Å². The monoisotopic (exact) mass is 313 g/mol. The van der Waals surface area contributed by atoms with Crippen molar-refractivity contribution in [1.29, 1.82) is 0 Å². The first-order valence-corrected chi connectivity index (χ1v) is 7.54. The molecule has 2 saturated heterocycles. The molecule has 2 aliphatic rings. The topological polar surface area (TPSA) is 48.7 Å². The van der Waals surface area contributed by atoms with Crippen LogP contribution in [0.15, 0.2) is 23.0 Å². The minimum Gasteiger partial charge on any atom is -0.472 e. The maximum absolute atomic E-state index is 13.7. The van der Waals surface area contributed by atoms with Gasteiger partial charge in [0.05, 0.1) is 19.1 Å². The molecule has 22 heavy (non-hydrogen) atoms. The summed E-state index contributed by atoms with van der Waals surface area (Å²) in [5.41, 5.74) is 1.10. The molecule has 2 fully saturated rings. The number of rotatable bonds is 5. The van der Waals surface area contributed by atoms with E-state index in [1.165, 1.54) is 6.92 Å². The molecule has 1 aromatic heterocycles. The number of likely N-dealkylation sites (tertiary alicyclic amines) is 2. The fourth-order valence-electron chi connectivity index (χ4n) is 3.32. The summed E-state index contributed by atoms with van der Waals surface area (Å²) in [6.45, 7) is 3.83. The standard InChI is InChI=1S/C15H21F2N3O2/c1-11(21)18-5-13-4-15(16,17)10-20(13)14-7-19(8-14)6-12-2-3-22-9-12/h2-3,9,13-14H,4-8,10H2,1H3,(H,18,21). The van der Waals surface area contributed by atoms with Crippen molar-refractivity contribution in [1.82, 2.24) is 15.1 Å². The van der Waals surface area contributed by atoms with Crippen molar-refractivity contribution in [3.8, 4) is 0 Å². The van der Waals surface area contributed by atoms with Gasteiger partial charge in [-0.1, -0.05) is 0 Å². The Balaban J connectivity index is 1.53. The second-order valence-electron chi connectivity index (χ2n) is 6.30. The third-order valence-electron chi connectivity index (χ3n) is 4.40. The Morgan fingerprint density at radius 2 is 2.27 bits per heavy atom. The van der Waals surface area contributed by atoms with E-state index in [9.17, 15) is 13.6 Å². The molecule has 1 unspecified atom stereocenters. The van der Waals surface area contributed by atoms with Crippen LogP contribution in [0.25, 0.3) is 0 Å². The third-order valence-corrected chi connectivity index (χ3v) is 4.40. The van der Waals surface area contributed by atoms with Crippen LogP contribution < -0.4 is 5.32 Å². The minimum atomic E-state index is -2.66. The van der Waals surface area contributed by atoms with Crippen LogP contribution in [-0.2, 0) is 11.3 Å². The maximum Gasteiger partial charge on any atom is 0.262 e. The number of alkyl halides is 2. The Morgan fingerprint density at radius 1 is 1.50 bits per heavy atom. The number of nitrogens with zero attached hydrogens (tertiary/aromatic N) is 2. The predicted octanol–water partition coefficient (Wildman–Crippen LogP) is 1.31. The Labute approximate surface area is 128 Å². The molecule has 1 aromatic rings. The highest BCUT2D eigenvalue weighted by Gasteiger charge is 2.49. The zero-order chi connectivity index (χ0) is 15.7. The number of halogens is 2. The summed E-state index contributed by atoms with van der Waals surface area (Å²) < 4.78 is 32.5. The second-order valence-corrected chi connectivity index (χ2v) is 6.30. The lowest BCUT2D eigenvalue weighted by molar-refractivity contribution is -0.119. The van der Waals surface area contributed by atoms with E-state index in [2.05, 4.69) is 10.2 Å². The van der Waals surface area contributed by atoms with E-state index >= 15 is 0 Å². The van der Waals surface area contributed by atoms with E-state index in [0.29, 0.717) is 6.54 Å². The van der Waals surface area contributed by atoms with Crippen LogP contribution in [0.4, 0.5) is 8.78 Å². The van der Waals surface area contributed by atoms with E-state index in [0.717, 1.165) is 25.2 Å². The predicted molar refractivity (Wildman–Crippen MR) is 76.5 cm³/mol. The molecule has 1 atom stereocenters. The van der Waals surface area contributed by atoms with Gasteiger partial charge in [-0.2, -0.15) is 0 Å². The first-order chi connectivity index (χ1) is 10.4. The Morgan fingerprint density at radius 3 is 2.91 bits per heavy atom. The Hall–Kier alpha value is -1.47. The largest absolute Gasteiger partial charge is 0.472 e. The third kappa shape index (κ3) is 3.47. The summed E-state index contributed by atoms with van der Waals surface area (Å²) in [6, 6.07) is 1.77. The number of furan rings is 1. The molecule has 3 heterocycles. The molecule has 3 rings (SSSR count). The molecular formula is C15H21F2N3O2. The highest BCUT2D eigenvalue weighted by atomic mass is 19.3. The minimum absolute atomic E-state index is 0.138. The molecule has 0 aliphatic carbocycles. The van der Waals surface area contributed by atoms with Gasteiger partial charge in [-0.3, -0.25) is 14.6 Å². The van der Waals surface area contributed by atoms with Crippen LogP contribution in [0.2, 0.25) is 0 Å². The van der Waals surface area contributed by atoms with Gasteiger partial charge in [-0.25, -0.2) is 8.78 Å². The lowest BCUT2D eigenvalue weighted by atomic mass is 10.0. The van der Waals surface area contributed by atoms with Crippen molar-refractivity contribution in [2.24, 2.45) is 0 Å². The summed E-state index contributed by atoms with van der Waals surface area (Å²) in [4.78, 5) is 15.1. The van der Waals surface area contributed by atoms with Gasteiger partial charge in [0.2, 0.25) is 5.91 Å². The zero-order valence-corrected chi connectivity index (χ0v) is 12.6. The molecule has 7 heteroatoms. The smallest absolute Gasteiger partial charge is 0.262 e. The van der Waals surface area contributed by atoms with Gasteiger partial charge in [0, 0.05) is 57.2 Å². The summed E-state index contributed by atoms with van der Waals surface area (Å²) in [7, 11) is 0. The van der Waals surface area contributed by atoms with Gasteiger partial charge in [-0.05, 0) is 6.07 Å². The van der Waals surface area contributed by atoms with E-state index in [-0.39, 0.29) is 31.0 Å². The maximum atomic E-state index is 13.7. The number of nitrogens with one attached hydrogen (secondary N) is 1. The molecule has 0 bridgehead atoms. The van der Waals surface area contributed by atoms with E-state index in [1.54, 1.807) is 12.5 Å². The average molecular weight is 313 g/mol. The van der Waals surface area contributed by atoms with Crippen LogP contribution in [0.1, 0.15) is 18.9 Å². The highest BCUT2D eigenvalue weighted by molar-refractivity contribution is 5.72. The molecule has 0 aromatic carbocycles. The summed E-state index contributed by atoms with van der Waals surface area (Å²) in [5.74, 6) is -2.83. The fraction of sp³-hybridized carbons (Fsp3) is 0.667. The van der Waals surface area contributed by atoms with Gasteiger partial charge in [0.25, 0.3) is 5.92 Å². The van der Waals surface area contributed by atoms with Gasteiger partial charge in [0.15, 0.2) is 0 Å². The number of carbonyl (C=O) groups is 1. The lowest BCUT2D eigenvalue weighted by Gasteiger charge is -2.46. The van der Waals surface area contributed by atoms with E-state index < -0.39 is 5.92 Å². The average Bonchev–Trinajstić information content (AvgIpc) is 2.98. The molecule has 0 spiro atoms. The molecule has 0 saturated carbocycles. The lowest BCUT2D eigenvalue weighted by Crippen LogP contribution is -2.61. The summed E-state index contributed by atoms with van der Waals surface area (Å²) >= 11 is 0. The molecule has 1 amide bonds. The molecular weight excluding hydrogens is 292 g/mol. The first-order valence-electron chi connectivity index (χ1n) is 7.54. The van der Waals surface area contributed by atoms with E-state index in [4.69, 9.17) is 4.42 Å². The van der Waals surface area contributed by atoms with Crippen LogP contribution in [-0.4, -0.2) is 59.9 Å².